The molecule has 0 unspecified atom stereocenters. The van der Waals surface area contributed by atoms with Gasteiger partial charge in [0.2, 0.25) is 5.91 Å². The summed E-state index contributed by atoms with van der Waals surface area (Å²) in [6.07, 6.45) is 0.174. The number of hydrogen-bond donors (Lipinski definition) is 2. The van der Waals surface area contributed by atoms with Gasteiger partial charge in [-0.2, -0.15) is 0 Å². The van der Waals surface area contributed by atoms with Gasteiger partial charge < -0.3 is 20.2 Å². The zero-order valence-corrected chi connectivity index (χ0v) is 13.3. The molecule has 7 heteroatoms. The van der Waals surface area contributed by atoms with Crippen molar-refractivity contribution in [2.24, 2.45) is 0 Å². The predicted molar refractivity (Wildman–Crippen MR) is 84.6 cm³/mol. The zero-order chi connectivity index (χ0) is 17.0. The molecule has 0 spiro atoms. The van der Waals surface area contributed by atoms with Gasteiger partial charge in [0.1, 0.15) is 5.82 Å². The molecule has 1 heterocycles. The van der Waals surface area contributed by atoms with Crippen LogP contribution in [0, 0.1) is 5.82 Å². The van der Waals surface area contributed by atoms with Gasteiger partial charge in [0.25, 0.3) is 0 Å². The quantitative estimate of drug-likeness (QED) is 0.859. The Bertz CT molecular complexity index is 579. The minimum Gasteiger partial charge on any atom is -0.395 e. The number of nitrogens with zero attached hydrogens (tertiary/aromatic N) is 2. The molecule has 2 N–H and O–H groups in total. The summed E-state index contributed by atoms with van der Waals surface area (Å²) in [5, 5.41) is 11.8. The van der Waals surface area contributed by atoms with Crippen LogP contribution in [0.2, 0.25) is 0 Å². The first-order chi connectivity index (χ1) is 10.9. The van der Waals surface area contributed by atoms with Crippen LogP contribution in [0.25, 0.3) is 0 Å². The smallest absolute Gasteiger partial charge is 0.318 e. The van der Waals surface area contributed by atoms with E-state index in [0.717, 1.165) is 0 Å². The molecule has 1 aromatic rings. The van der Waals surface area contributed by atoms with E-state index in [9.17, 15) is 14.0 Å². The van der Waals surface area contributed by atoms with Crippen LogP contribution < -0.4 is 10.2 Å². The van der Waals surface area contributed by atoms with Crippen molar-refractivity contribution in [3.8, 4) is 0 Å². The Labute approximate surface area is 134 Å². The maximum atomic E-state index is 13.3. The zero-order valence-electron chi connectivity index (χ0n) is 13.3. The van der Waals surface area contributed by atoms with E-state index in [2.05, 4.69) is 5.32 Å². The Kier molecular flexibility index (Phi) is 5.54. The number of halogens is 1. The molecule has 1 saturated heterocycles. The molecular weight excluding hydrogens is 301 g/mol. The van der Waals surface area contributed by atoms with E-state index in [-0.39, 0.29) is 43.6 Å². The van der Waals surface area contributed by atoms with Gasteiger partial charge in [-0.05, 0) is 32.0 Å². The number of carbonyl (C=O) groups is 2. The number of carbonyl (C=O) groups excluding carboxylic acids is 2. The maximum Gasteiger partial charge on any atom is 0.318 e. The lowest BCUT2D eigenvalue weighted by Crippen LogP contribution is -2.49. The third-order valence-corrected chi connectivity index (χ3v) is 3.80. The minimum atomic E-state index is -0.406. The van der Waals surface area contributed by atoms with Crippen molar-refractivity contribution >= 4 is 17.6 Å². The molecule has 6 nitrogen and oxygen atoms in total. The van der Waals surface area contributed by atoms with E-state index in [4.69, 9.17) is 5.11 Å². The van der Waals surface area contributed by atoms with Crippen LogP contribution in [0.4, 0.5) is 14.9 Å². The molecule has 0 radical (unpaired) electrons. The standard InChI is InChI=1S/C16H22FN3O3/c1-11(2)19(6-7-21)16(23)18-13-9-15(22)20(10-13)14-5-3-4-12(17)8-14/h3-5,8,11,13,21H,6-7,9-10H2,1-2H3,(H,18,23)/t13-/m1/s1. The lowest BCUT2D eigenvalue weighted by molar-refractivity contribution is -0.117. The van der Waals surface area contributed by atoms with Crippen molar-refractivity contribution < 1.29 is 19.1 Å². The highest BCUT2D eigenvalue weighted by atomic mass is 19.1. The average Bonchev–Trinajstić information content (AvgIpc) is 2.84. The molecule has 23 heavy (non-hydrogen) atoms. The minimum absolute atomic E-state index is 0.0569. The number of rotatable bonds is 5. The van der Waals surface area contributed by atoms with Gasteiger partial charge in [0, 0.05) is 31.2 Å². The molecule has 1 aliphatic heterocycles. The third kappa shape index (κ3) is 4.19. The normalized spacial score (nSPS) is 17.7. The number of amides is 3. The SMILES string of the molecule is CC(C)N(CCO)C(=O)N[C@@H]1CC(=O)N(c2cccc(F)c2)C1. The predicted octanol–water partition coefficient (Wildman–Crippen LogP) is 1.34. The van der Waals surface area contributed by atoms with E-state index in [1.54, 1.807) is 12.1 Å². The van der Waals surface area contributed by atoms with Crippen molar-refractivity contribution in [3.05, 3.63) is 30.1 Å². The molecule has 0 bridgehead atoms. The number of nitrogens with one attached hydrogen (secondary N) is 1. The molecule has 1 aromatic carbocycles. The Morgan fingerprint density at radius 2 is 2.26 bits per heavy atom. The lowest BCUT2D eigenvalue weighted by Gasteiger charge is -2.27. The fraction of sp³-hybridized carbons (Fsp3) is 0.500. The summed E-state index contributed by atoms with van der Waals surface area (Å²) in [4.78, 5) is 27.3. The average molecular weight is 323 g/mol. The molecule has 1 atom stereocenters. The van der Waals surface area contributed by atoms with Gasteiger partial charge in [0.15, 0.2) is 0 Å². The summed E-state index contributed by atoms with van der Waals surface area (Å²) in [6.45, 7) is 4.13. The van der Waals surface area contributed by atoms with E-state index >= 15 is 0 Å². The largest absolute Gasteiger partial charge is 0.395 e. The summed E-state index contributed by atoms with van der Waals surface area (Å²) in [6, 6.07) is 5.13. The summed E-state index contributed by atoms with van der Waals surface area (Å²) < 4.78 is 13.3. The van der Waals surface area contributed by atoms with Gasteiger partial charge in [-0.25, -0.2) is 9.18 Å². The van der Waals surface area contributed by atoms with E-state index in [0.29, 0.717) is 12.2 Å². The fourth-order valence-electron chi connectivity index (χ4n) is 2.66. The van der Waals surface area contributed by atoms with Gasteiger partial charge in [-0.3, -0.25) is 4.79 Å². The van der Waals surface area contributed by atoms with Crippen molar-refractivity contribution in [3.63, 3.8) is 0 Å². The van der Waals surface area contributed by atoms with Gasteiger partial charge >= 0.3 is 6.03 Å². The van der Waals surface area contributed by atoms with Gasteiger partial charge in [-0.1, -0.05) is 6.07 Å². The molecule has 1 fully saturated rings. The fourth-order valence-corrected chi connectivity index (χ4v) is 2.66. The first kappa shape index (κ1) is 17.2. The summed E-state index contributed by atoms with van der Waals surface area (Å²) >= 11 is 0. The Balaban J connectivity index is 2.01. The third-order valence-electron chi connectivity index (χ3n) is 3.80. The summed E-state index contributed by atoms with van der Waals surface area (Å²) in [5.74, 6) is -0.559. The summed E-state index contributed by atoms with van der Waals surface area (Å²) in [5.41, 5.74) is 0.489. The van der Waals surface area contributed by atoms with Crippen LogP contribution in [0.15, 0.2) is 24.3 Å². The molecule has 0 aliphatic carbocycles. The van der Waals surface area contributed by atoms with Crippen LogP contribution in [0.1, 0.15) is 20.3 Å². The Morgan fingerprint density at radius 3 is 2.87 bits per heavy atom. The van der Waals surface area contributed by atoms with Crippen LogP contribution in [0.5, 0.6) is 0 Å². The highest BCUT2D eigenvalue weighted by molar-refractivity contribution is 5.96. The molecule has 126 valence electrons. The number of aliphatic hydroxyl groups excluding tert-OH is 1. The van der Waals surface area contributed by atoms with Crippen molar-refractivity contribution in [1.29, 1.82) is 0 Å². The molecule has 1 aliphatic rings. The highest BCUT2D eigenvalue weighted by Gasteiger charge is 2.32. The second-order valence-electron chi connectivity index (χ2n) is 5.85. The number of benzene rings is 1. The molecule has 0 saturated carbocycles. The van der Waals surface area contributed by atoms with Crippen molar-refractivity contribution in [2.45, 2.75) is 32.4 Å². The Morgan fingerprint density at radius 1 is 1.52 bits per heavy atom. The summed E-state index contributed by atoms with van der Waals surface area (Å²) in [7, 11) is 0. The van der Waals surface area contributed by atoms with Crippen LogP contribution in [0.3, 0.4) is 0 Å². The monoisotopic (exact) mass is 323 g/mol. The van der Waals surface area contributed by atoms with E-state index in [1.807, 2.05) is 13.8 Å². The molecular formula is C16H22FN3O3. The maximum absolute atomic E-state index is 13.3. The molecule has 3 amide bonds. The second kappa shape index (κ2) is 7.41. The van der Waals surface area contributed by atoms with Crippen LogP contribution in [-0.4, -0.2) is 53.7 Å². The topological polar surface area (TPSA) is 72.9 Å². The van der Waals surface area contributed by atoms with Crippen molar-refractivity contribution in [2.75, 3.05) is 24.6 Å². The van der Waals surface area contributed by atoms with Crippen molar-refractivity contribution in [1.82, 2.24) is 10.2 Å². The number of urea groups is 1. The highest BCUT2D eigenvalue weighted by Crippen LogP contribution is 2.22. The second-order valence-corrected chi connectivity index (χ2v) is 5.85. The Hall–Kier alpha value is -2.15. The van der Waals surface area contributed by atoms with E-state index < -0.39 is 5.82 Å². The lowest BCUT2D eigenvalue weighted by atomic mass is 10.2. The van der Waals surface area contributed by atoms with Gasteiger partial charge in [0.05, 0.1) is 12.6 Å². The molecule has 0 aromatic heterocycles. The van der Waals surface area contributed by atoms with Crippen LogP contribution >= 0.6 is 0 Å². The van der Waals surface area contributed by atoms with Crippen LogP contribution in [-0.2, 0) is 4.79 Å². The first-order valence-corrected chi connectivity index (χ1v) is 7.66. The number of aliphatic hydroxyl groups is 1. The molecule has 2 rings (SSSR count). The van der Waals surface area contributed by atoms with Gasteiger partial charge in [-0.15, -0.1) is 0 Å². The first-order valence-electron chi connectivity index (χ1n) is 7.66. The number of anilines is 1. The number of hydrogen-bond acceptors (Lipinski definition) is 3. The van der Waals surface area contributed by atoms with E-state index in [1.165, 1.54) is 21.9 Å².